The molecular weight excluding hydrogens is 352 g/mol. The molecule has 1 aromatic rings. The van der Waals surface area contributed by atoms with Crippen molar-refractivity contribution >= 4 is 5.91 Å². The second kappa shape index (κ2) is 7.83. The lowest BCUT2D eigenvalue weighted by molar-refractivity contribution is -0.140. The molecule has 0 aromatic heterocycles. The number of nitrogens with one attached hydrogen (secondary N) is 1. The SMILES string of the molecule is C#CCCC1(CCNC(=O)C(N)Cc2cccc(C(F)(F)F)c2F)N=N1. The minimum Gasteiger partial charge on any atom is -0.355 e. The van der Waals surface area contributed by atoms with Crippen LogP contribution in [0.4, 0.5) is 17.6 Å². The molecule has 0 saturated heterocycles. The summed E-state index contributed by atoms with van der Waals surface area (Å²) in [5.74, 6) is 0.487. The fourth-order valence-corrected chi connectivity index (χ4v) is 2.47. The number of nitrogens with two attached hydrogens (primary N) is 1. The zero-order chi connectivity index (χ0) is 19.4. The van der Waals surface area contributed by atoms with E-state index < -0.39 is 35.2 Å². The average Bonchev–Trinajstić information content (AvgIpc) is 3.33. The van der Waals surface area contributed by atoms with Crippen molar-refractivity contribution in [2.45, 2.75) is 43.6 Å². The van der Waals surface area contributed by atoms with Gasteiger partial charge in [0, 0.05) is 25.8 Å². The molecule has 0 radical (unpaired) electrons. The second-order valence-electron chi connectivity index (χ2n) is 6.01. The Morgan fingerprint density at radius 3 is 2.62 bits per heavy atom. The first-order valence-electron chi connectivity index (χ1n) is 7.94. The smallest absolute Gasteiger partial charge is 0.355 e. The quantitative estimate of drug-likeness (QED) is 0.545. The number of amides is 1. The summed E-state index contributed by atoms with van der Waals surface area (Å²) in [6.07, 6.45) is 1.57. The Balaban J connectivity index is 1.87. The van der Waals surface area contributed by atoms with Crippen molar-refractivity contribution in [3.8, 4) is 12.3 Å². The van der Waals surface area contributed by atoms with Crippen LogP contribution in [0.3, 0.4) is 0 Å². The molecule has 1 heterocycles. The zero-order valence-corrected chi connectivity index (χ0v) is 13.8. The third-order valence-electron chi connectivity index (χ3n) is 4.04. The van der Waals surface area contributed by atoms with Gasteiger partial charge in [-0.25, -0.2) is 4.39 Å². The van der Waals surface area contributed by atoms with Crippen LogP contribution in [0.5, 0.6) is 0 Å². The summed E-state index contributed by atoms with van der Waals surface area (Å²) in [4.78, 5) is 12.0. The molecule has 1 amide bonds. The number of terminal acetylenes is 1. The fraction of sp³-hybridized carbons (Fsp3) is 0.471. The van der Waals surface area contributed by atoms with E-state index in [1.165, 1.54) is 6.07 Å². The number of hydrogen-bond acceptors (Lipinski definition) is 4. The van der Waals surface area contributed by atoms with Crippen molar-refractivity contribution < 1.29 is 22.4 Å². The molecule has 0 bridgehead atoms. The van der Waals surface area contributed by atoms with Gasteiger partial charge in [-0.1, -0.05) is 12.1 Å². The number of halogens is 4. The van der Waals surface area contributed by atoms with E-state index in [1.807, 2.05) is 0 Å². The minimum absolute atomic E-state index is 0.231. The predicted octanol–water partition coefficient (Wildman–Crippen LogP) is 2.80. The Hall–Kier alpha value is -2.47. The second-order valence-corrected chi connectivity index (χ2v) is 6.01. The van der Waals surface area contributed by atoms with Crippen molar-refractivity contribution in [1.82, 2.24) is 5.32 Å². The maximum absolute atomic E-state index is 14.0. The Labute approximate surface area is 148 Å². The summed E-state index contributed by atoms with van der Waals surface area (Å²) in [6, 6.07) is 1.72. The van der Waals surface area contributed by atoms with Crippen molar-refractivity contribution in [3.63, 3.8) is 0 Å². The predicted molar refractivity (Wildman–Crippen MR) is 86.4 cm³/mol. The summed E-state index contributed by atoms with van der Waals surface area (Å²) < 4.78 is 52.1. The maximum Gasteiger partial charge on any atom is 0.419 e. The number of carbonyl (C=O) groups excluding carboxylic acids is 1. The van der Waals surface area contributed by atoms with E-state index >= 15 is 0 Å². The van der Waals surface area contributed by atoms with E-state index in [2.05, 4.69) is 21.5 Å². The fourth-order valence-electron chi connectivity index (χ4n) is 2.47. The molecule has 1 aliphatic heterocycles. The molecule has 1 atom stereocenters. The van der Waals surface area contributed by atoms with Gasteiger partial charge < -0.3 is 11.1 Å². The van der Waals surface area contributed by atoms with Crippen molar-refractivity contribution in [3.05, 3.63) is 35.1 Å². The van der Waals surface area contributed by atoms with Crippen LogP contribution in [0.1, 0.15) is 30.4 Å². The van der Waals surface area contributed by atoms with Crippen LogP contribution in [-0.2, 0) is 17.4 Å². The molecule has 3 N–H and O–H groups in total. The van der Waals surface area contributed by atoms with Crippen LogP contribution in [0.2, 0.25) is 0 Å². The molecule has 0 fully saturated rings. The average molecular weight is 370 g/mol. The first-order valence-corrected chi connectivity index (χ1v) is 7.94. The number of rotatable bonds is 8. The molecule has 140 valence electrons. The number of alkyl halides is 3. The Morgan fingerprint density at radius 2 is 2.04 bits per heavy atom. The van der Waals surface area contributed by atoms with Gasteiger partial charge in [-0.2, -0.15) is 23.4 Å². The number of benzene rings is 1. The lowest BCUT2D eigenvalue weighted by Gasteiger charge is -2.16. The van der Waals surface area contributed by atoms with Crippen molar-refractivity contribution in [2.75, 3.05) is 6.54 Å². The van der Waals surface area contributed by atoms with Gasteiger partial charge in [0.1, 0.15) is 5.82 Å². The molecule has 9 heteroatoms. The molecule has 1 unspecified atom stereocenters. The van der Waals surface area contributed by atoms with E-state index in [0.717, 1.165) is 6.07 Å². The Bertz CT molecular complexity index is 733. The lowest BCUT2D eigenvalue weighted by Crippen LogP contribution is -2.43. The molecular formula is C17H18F4N4O. The highest BCUT2D eigenvalue weighted by molar-refractivity contribution is 5.81. The first-order chi connectivity index (χ1) is 12.2. The lowest BCUT2D eigenvalue weighted by atomic mass is 10.0. The summed E-state index contributed by atoms with van der Waals surface area (Å²) in [5.41, 5.74) is 3.49. The summed E-state index contributed by atoms with van der Waals surface area (Å²) in [6.45, 7) is 0.231. The highest BCUT2D eigenvalue weighted by Gasteiger charge is 2.39. The van der Waals surface area contributed by atoms with Crippen LogP contribution < -0.4 is 11.1 Å². The molecule has 2 rings (SSSR count). The van der Waals surface area contributed by atoms with Gasteiger partial charge >= 0.3 is 6.18 Å². The third kappa shape index (κ3) is 5.02. The van der Waals surface area contributed by atoms with E-state index in [1.54, 1.807) is 0 Å². The standard InChI is InChI=1S/C17H18F4N4O/c1-2-3-7-16(24-25-16)8-9-23-15(26)13(22)10-11-5-4-6-12(14(11)18)17(19,20)21/h1,4-6,13H,3,7-10,22H2,(H,23,26). The molecule has 26 heavy (non-hydrogen) atoms. The normalized spacial score (nSPS) is 16.0. The highest BCUT2D eigenvalue weighted by atomic mass is 19.4. The number of carbonyl (C=O) groups is 1. The molecule has 0 aliphatic carbocycles. The van der Waals surface area contributed by atoms with E-state index in [0.29, 0.717) is 25.3 Å². The van der Waals surface area contributed by atoms with Gasteiger partial charge in [0.25, 0.3) is 0 Å². The molecule has 5 nitrogen and oxygen atoms in total. The summed E-state index contributed by atoms with van der Waals surface area (Å²) in [5, 5.41) is 10.4. The van der Waals surface area contributed by atoms with E-state index in [-0.39, 0.29) is 18.5 Å². The van der Waals surface area contributed by atoms with E-state index in [4.69, 9.17) is 12.2 Å². The molecule has 0 spiro atoms. The summed E-state index contributed by atoms with van der Waals surface area (Å²) in [7, 11) is 0. The van der Waals surface area contributed by atoms with Crippen LogP contribution >= 0.6 is 0 Å². The third-order valence-corrected chi connectivity index (χ3v) is 4.04. The maximum atomic E-state index is 14.0. The van der Waals surface area contributed by atoms with Gasteiger partial charge in [0.15, 0.2) is 5.66 Å². The van der Waals surface area contributed by atoms with Crippen LogP contribution in [0, 0.1) is 18.2 Å². The molecule has 0 saturated carbocycles. The van der Waals surface area contributed by atoms with Crippen LogP contribution in [0.15, 0.2) is 28.4 Å². The minimum atomic E-state index is -4.81. The number of nitrogens with zero attached hydrogens (tertiary/aromatic N) is 2. The van der Waals surface area contributed by atoms with E-state index in [9.17, 15) is 22.4 Å². The number of hydrogen-bond donors (Lipinski definition) is 2. The summed E-state index contributed by atoms with van der Waals surface area (Å²) >= 11 is 0. The Morgan fingerprint density at radius 1 is 1.35 bits per heavy atom. The zero-order valence-electron chi connectivity index (χ0n) is 13.8. The van der Waals surface area contributed by atoms with Gasteiger partial charge in [-0.15, -0.1) is 12.3 Å². The highest BCUT2D eigenvalue weighted by Crippen LogP contribution is 2.36. The van der Waals surface area contributed by atoms with Gasteiger partial charge in [-0.05, 0) is 18.1 Å². The first kappa shape index (κ1) is 19.8. The largest absolute Gasteiger partial charge is 0.419 e. The van der Waals surface area contributed by atoms with Gasteiger partial charge in [-0.3, -0.25) is 4.79 Å². The van der Waals surface area contributed by atoms with Crippen molar-refractivity contribution in [1.29, 1.82) is 0 Å². The van der Waals surface area contributed by atoms with Crippen LogP contribution in [-0.4, -0.2) is 24.2 Å². The van der Waals surface area contributed by atoms with Crippen LogP contribution in [0.25, 0.3) is 0 Å². The van der Waals surface area contributed by atoms with Gasteiger partial charge in [0.05, 0.1) is 11.6 Å². The topological polar surface area (TPSA) is 79.8 Å². The molecule has 1 aliphatic rings. The monoisotopic (exact) mass is 370 g/mol. The Kier molecular flexibility index (Phi) is 5.97. The van der Waals surface area contributed by atoms with Crippen molar-refractivity contribution in [2.24, 2.45) is 16.0 Å². The van der Waals surface area contributed by atoms with Gasteiger partial charge in [0.2, 0.25) is 5.91 Å². The molecule has 1 aromatic carbocycles.